The highest BCUT2D eigenvalue weighted by Gasteiger charge is 2.17. The van der Waals surface area contributed by atoms with Crippen molar-refractivity contribution in [2.45, 2.75) is 54.4 Å². The summed E-state index contributed by atoms with van der Waals surface area (Å²) in [6, 6.07) is 11.1. The Kier molecular flexibility index (Phi) is 19.1. The first-order valence-electron chi connectivity index (χ1n) is 13.0. The minimum Gasteiger partial charge on any atom is -0.496 e. The third-order valence-corrected chi connectivity index (χ3v) is 6.62. The number of carbonyl (C=O) groups excluding carboxylic acids is 2. The van der Waals surface area contributed by atoms with Gasteiger partial charge < -0.3 is 14.8 Å². The molecular weight excluding hydrogens is 611 g/mol. The zero-order valence-electron chi connectivity index (χ0n) is 24.7. The second-order valence-electron chi connectivity index (χ2n) is 8.19. The standard InChI is InChI=1S/C15H13Cl2FO.C10H9Cl2NO3.C4H10.C2H6/c1-8-4-5-11(9(2)15(8)19-3)14-12(16)6-10(18)7-13(14)17;1-16-8(14)5-13-10(15)9-6(11)3-2-4-7(9)12;1-3-4-2;1-2/h4-7H,1-3H3;2-4H,5H2,1H3,(H,13,15);3-4H2,1-2H3;1-2H3. The minimum atomic E-state index is -0.545. The van der Waals surface area contributed by atoms with Gasteiger partial charge >= 0.3 is 5.97 Å². The van der Waals surface area contributed by atoms with Gasteiger partial charge in [-0.2, -0.15) is 0 Å². The Morgan fingerprint density at radius 2 is 1.37 bits per heavy atom. The highest BCUT2D eigenvalue weighted by Crippen LogP contribution is 2.40. The summed E-state index contributed by atoms with van der Waals surface area (Å²) in [6.45, 7) is 12.0. The molecule has 0 aliphatic heterocycles. The molecule has 10 heteroatoms. The smallest absolute Gasteiger partial charge is 0.325 e. The summed E-state index contributed by atoms with van der Waals surface area (Å²) in [7, 11) is 2.85. The first-order chi connectivity index (χ1) is 19.4. The molecule has 0 bridgehead atoms. The van der Waals surface area contributed by atoms with E-state index in [-0.39, 0.29) is 22.2 Å². The Hall–Kier alpha value is -2.51. The molecule has 5 nitrogen and oxygen atoms in total. The normalized spacial score (nSPS) is 9.59. The van der Waals surface area contributed by atoms with E-state index in [9.17, 15) is 14.0 Å². The van der Waals surface area contributed by atoms with Crippen molar-refractivity contribution < 1.29 is 23.5 Å². The Bertz CT molecular complexity index is 1240. The van der Waals surface area contributed by atoms with Gasteiger partial charge in [0.15, 0.2) is 0 Å². The summed E-state index contributed by atoms with van der Waals surface area (Å²) >= 11 is 23.8. The number of halogens is 5. The maximum Gasteiger partial charge on any atom is 0.325 e. The summed E-state index contributed by atoms with van der Waals surface area (Å²) in [5.41, 5.74) is 3.57. The van der Waals surface area contributed by atoms with E-state index in [1.807, 2.05) is 39.8 Å². The molecule has 0 heterocycles. The molecule has 1 amide bonds. The third kappa shape index (κ3) is 12.1. The summed E-state index contributed by atoms with van der Waals surface area (Å²) in [4.78, 5) is 22.4. The highest BCUT2D eigenvalue weighted by molar-refractivity contribution is 6.40. The fourth-order valence-electron chi connectivity index (χ4n) is 3.24. The lowest BCUT2D eigenvalue weighted by Gasteiger charge is -2.15. The quantitative estimate of drug-likeness (QED) is 0.270. The van der Waals surface area contributed by atoms with Crippen LogP contribution in [-0.4, -0.2) is 32.6 Å². The van der Waals surface area contributed by atoms with Gasteiger partial charge in [0, 0.05) is 5.56 Å². The lowest BCUT2D eigenvalue weighted by atomic mass is 9.97. The fraction of sp³-hybridized carbons (Fsp3) is 0.355. The van der Waals surface area contributed by atoms with Crippen LogP contribution in [0.5, 0.6) is 5.75 Å². The highest BCUT2D eigenvalue weighted by atomic mass is 35.5. The van der Waals surface area contributed by atoms with Crippen LogP contribution in [0.2, 0.25) is 20.1 Å². The molecule has 3 aromatic carbocycles. The molecule has 0 aliphatic rings. The molecule has 1 N–H and O–H groups in total. The van der Waals surface area contributed by atoms with Gasteiger partial charge in [0.25, 0.3) is 5.91 Å². The van der Waals surface area contributed by atoms with E-state index in [1.54, 1.807) is 25.3 Å². The van der Waals surface area contributed by atoms with Gasteiger partial charge in [-0.3, -0.25) is 9.59 Å². The van der Waals surface area contributed by atoms with Crippen LogP contribution in [0.15, 0.2) is 42.5 Å². The van der Waals surface area contributed by atoms with Crippen molar-refractivity contribution in [2.75, 3.05) is 20.8 Å². The van der Waals surface area contributed by atoms with Crippen molar-refractivity contribution in [1.82, 2.24) is 5.32 Å². The number of nitrogens with one attached hydrogen (secondary N) is 1. The van der Waals surface area contributed by atoms with E-state index in [0.29, 0.717) is 15.6 Å². The predicted octanol–water partition coefficient (Wildman–Crippen LogP) is 10.2. The maximum absolute atomic E-state index is 13.2. The average molecular weight is 649 g/mol. The lowest BCUT2D eigenvalue weighted by molar-refractivity contribution is -0.139. The lowest BCUT2D eigenvalue weighted by Crippen LogP contribution is -2.30. The van der Waals surface area contributed by atoms with Gasteiger partial charge in [-0.25, -0.2) is 4.39 Å². The second kappa shape index (κ2) is 20.4. The molecule has 0 aromatic heterocycles. The van der Waals surface area contributed by atoms with Crippen molar-refractivity contribution in [1.29, 1.82) is 0 Å². The van der Waals surface area contributed by atoms with Crippen LogP contribution >= 0.6 is 46.4 Å². The van der Waals surface area contributed by atoms with Gasteiger partial charge in [0.2, 0.25) is 0 Å². The summed E-state index contributed by atoms with van der Waals surface area (Å²) in [5.74, 6) is -0.720. The minimum absolute atomic E-state index is 0.148. The maximum atomic E-state index is 13.2. The Morgan fingerprint density at radius 1 is 0.854 bits per heavy atom. The molecule has 41 heavy (non-hydrogen) atoms. The van der Waals surface area contributed by atoms with Crippen molar-refractivity contribution in [3.05, 3.63) is 85.1 Å². The van der Waals surface area contributed by atoms with Crippen LogP contribution in [0.25, 0.3) is 11.1 Å². The SMILES string of the molecule is CC.CCCC.COC(=O)CNC(=O)c1c(Cl)cccc1Cl.COc1c(C)ccc(-c2c(Cl)cc(F)cc2Cl)c1C. The number of amides is 1. The molecule has 3 rings (SSSR count). The summed E-state index contributed by atoms with van der Waals surface area (Å²) in [5, 5.41) is 3.39. The topological polar surface area (TPSA) is 64.6 Å². The van der Waals surface area contributed by atoms with Gasteiger partial charge in [-0.1, -0.05) is 105 Å². The molecule has 0 fully saturated rings. The van der Waals surface area contributed by atoms with Crippen molar-refractivity contribution in [3.63, 3.8) is 0 Å². The second-order valence-corrected chi connectivity index (χ2v) is 9.82. The number of unbranched alkanes of at least 4 members (excludes halogenated alkanes) is 1. The number of rotatable bonds is 6. The molecule has 0 saturated carbocycles. The van der Waals surface area contributed by atoms with E-state index in [0.717, 1.165) is 22.4 Å². The van der Waals surface area contributed by atoms with E-state index >= 15 is 0 Å². The number of ether oxygens (including phenoxy) is 2. The third-order valence-electron chi connectivity index (χ3n) is 5.39. The Balaban J connectivity index is 0.000000662. The molecular formula is C31H38Cl4FNO4. The van der Waals surface area contributed by atoms with Crippen LogP contribution < -0.4 is 10.1 Å². The van der Waals surface area contributed by atoms with Crippen LogP contribution in [0, 0.1) is 19.7 Å². The number of aryl methyl sites for hydroxylation is 1. The van der Waals surface area contributed by atoms with Crippen molar-refractivity contribution >= 4 is 58.3 Å². The average Bonchev–Trinajstić information content (AvgIpc) is 2.94. The largest absolute Gasteiger partial charge is 0.496 e. The zero-order valence-corrected chi connectivity index (χ0v) is 27.7. The number of hydrogen-bond donors (Lipinski definition) is 1. The molecule has 226 valence electrons. The van der Waals surface area contributed by atoms with Crippen LogP contribution in [0.3, 0.4) is 0 Å². The summed E-state index contributed by atoms with van der Waals surface area (Å²) in [6.07, 6.45) is 2.64. The molecule has 0 saturated heterocycles. The monoisotopic (exact) mass is 647 g/mol. The molecule has 3 aromatic rings. The molecule has 0 atom stereocenters. The predicted molar refractivity (Wildman–Crippen MR) is 171 cm³/mol. The van der Waals surface area contributed by atoms with Gasteiger partial charge in [-0.15, -0.1) is 0 Å². The fourth-order valence-corrected chi connectivity index (χ4v) is 4.47. The molecule has 0 aliphatic carbocycles. The number of methoxy groups -OCH3 is 2. The van der Waals surface area contributed by atoms with Crippen molar-refractivity contribution in [2.24, 2.45) is 0 Å². The van der Waals surface area contributed by atoms with Gasteiger partial charge in [0.05, 0.1) is 39.9 Å². The van der Waals surface area contributed by atoms with Crippen LogP contribution in [0.4, 0.5) is 4.39 Å². The number of benzene rings is 3. The van der Waals surface area contributed by atoms with Gasteiger partial charge in [0.1, 0.15) is 18.1 Å². The first-order valence-corrected chi connectivity index (χ1v) is 14.5. The zero-order chi connectivity index (χ0) is 31.7. The molecule has 0 radical (unpaired) electrons. The molecule has 0 spiro atoms. The molecule has 0 unspecified atom stereocenters. The van der Waals surface area contributed by atoms with E-state index < -0.39 is 17.7 Å². The Labute approximate surface area is 263 Å². The summed E-state index contributed by atoms with van der Waals surface area (Å²) < 4.78 is 23.0. The number of carbonyl (C=O) groups is 2. The van der Waals surface area contributed by atoms with Crippen molar-refractivity contribution in [3.8, 4) is 16.9 Å². The van der Waals surface area contributed by atoms with E-state index in [1.165, 1.54) is 32.1 Å². The van der Waals surface area contributed by atoms with Crippen LogP contribution in [0.1, 0.15) is 62.0 Å². The van der Waals surface area contributed by atoms with E-state index in [4.69, 9.17) is 51.1 Å². The number of hydrogen-bond acceptors (Lipinski definition) is 4. The van der Waals surface area contributed by atoms with E-state index in [2.05, 4.69) is 23.9 Å². The van der Waals surface area contributed by atoms with Gasteiger partial charge in [-0.05, 0) is 54.8 Å². The first kappa shape index (κ1) is 38.5. The Morgan fingerprint density at radius 3 is 1.80 bits per heavy atom. The number of esters is 1. The van der Waals surface area contributed by atoms with Crippen LogP contribution in [-0.2, 0) is 9.53 Å².